The molecule has 0 aliphatic rings. The molecule has 1 aromatic carbocycles. The largest absolute Gasteiger partial charge is 0.338 e. The molecule has 0 bridgehead atoms. The molecule has 9 heteroatoms. The van der Waals surface area contributed by atoms with Crippen molar-refractivity contribution in [3.05, 3.63) is 47.1 Å². The molecule has 0 saturated heterocycles. The summed E-state index contributed by atoms with van der Waals surface area (Å²) in [7, 11) is -3.63. The number of sulfonamides is 1. The van der Waals surface area contributed by atoms with Gasteiger partial charge in [0, 0.05) is 0 Å². The van der Waals surface area contributed by atoms with Crippen LogP contribution in [0.15, 0.2) is 28.8 Å². The predicted octanol–water partition coefficient (Wildman–Crippen LogP) is 1.94. The third-order valence-electron chi connectivity index (χ3n) is 2.56. The van der Waals surface area contributed by atoms with Crippen LogP contribution in [0, 0.1) is 6.92 Å². The number of halogens is 2. The van der Waals surface area contributed by atoms with Crippen LogP contribution in [-0.2, 0) is 22.3 Å². The topological polar surface area (TPSA) is 85.1 Å². The number of hydrogen-bond acceptors (Lipinski definition) is 5. The molecular formula is C12H13F2N3O3S. The average Bonchev–Trinajstić information content (AvgIpc) is 2.85. The molecule has 21 heavy (non-hydrogen) atoms. The molecule has 0 radical (unpaired) electrons. The molecule has 1 aromatic heterocycles. The fraction of sp³-hybridized carbons (Fsp3) is 0.333. The van der Waals surface area contributed by atoms with Gasteiger partial charge in [-0.2, -0.15) is 4.98 Å². The summed E-state index contributed by atoms with van der Waals surface area (Å²) in [5.41, 5.74) is 1.57. The minimum atomic E-state index is -3.63. The standard InChI is InChI=1S/C12H13F2N3O3S/c1-8-3-2-4-9(5-8)7-21(18,19)15-6-10-16-12(11(13)14)17-20-10/h2-5,11,15H,6-7H2,1H3. The molecule has 1 N–H and O–H groups in total. The van der Waals surface area contributed by atoms with Crippen molar-refractivity contribution >= 4 is 10.0 Å². The van der Waals surface area contributed by atoms with Crippen molar-refractivity contribution in [2.45, 2.75) is 25.6 Å². The number of nitrogens with one attached hydrogen (secondary N) is 1. The zero-order chi connectivity index (χ0) is 15.5. The van der Waals surface area contributed by atoms with E-state index in [9.17, 15) is 17.2 Å². The van der Waals surface area contributed by atoms with Crippen LogP contribution in [-0.4, -0.2) is 18.6 Å². The van der Waals surface area contributed by atoms with Gasteiger partial charge in [-0.05, 0) is 12.5 Å². The Kier molecular flexibility index (Phi) is 4.63. The summed E-state index contributed by atoms with van der Waals surface area (Å²) in [6, 6.07) is 7.05. The minimum Gasteiger partial charge on any atom is -0.338 e. The molecule has 1 heterocycles. The number of nitrogens with zero attached hydrogens (tertiary/aromatic N) is 2. The van der Waals surface area contributed by atoms with Gasteiger partial charge in [0.05, 0.1) is 12.3 Å². The Hall–Kier alpha value is -1.87. The molecule has 0 atom stereocenters. The Morgan fingerprint density at radius 3 is 2.76 bits per heavy atom. The first-order valence-electron chi connectivity index (χ1n) is 5.99. The normalized spacial score (nSPS) is 12.0. The lowest BCUT2D eigenvalue weighted by Gasteiger charge is -2.05. The molecule has 0 spiro atoms. The van der Waals surface area contributed by atoms with Gasteiger partial charge in [0.15, 0.2) is 0 Å². The van der Waals surface area contributed by atoms with Crippen LogP contribution >= 0.6 is 0 Å². The molecule has 2 aromatic rings. The minimum absolute atomic E-state index is 0.210. The number of alkyl halides is 2. The SMILES string of the molecule is Cc1cccc(CS(=O)(=O)NCc2nc(C(F)F)no2)c1. The number of aromatic nitrogens is 2. The van der Waals surface area contributed by atoms with E-state index in [1.165, 1.54) is 0 Å². The van der Waals surface area contributed by atoms with Crippen LogP contribution < -0.4 is 4.72 Å². The molecule has 0 unspecified atom stereocenters. The lowest BCUT2D eigenvalue weighted by Crippen LogP contribution is -2.24. The first kappa shape index (κ1) is 15.5. The van der Waals surface area contributed by atoms with Gasteiger partial charge in [-0.1, -0.05) is 35.0 Å². The summed E-state index contributed by atoms with van der Waals surface area (Å²) >= 11 is 0. The number of benzene rings is 1. The third kappa shape index (κ3) is 4.57. The summed E-state index contributed by atoms with van der Waals surface area (Å²) < 4.78 is 55.0. The maximum Gasteiger partial charge on any atom is 0.300 e. The van der Waals surface area contributed by atoms with E-state index in [0.29, 0.717) is 5.56 Å². The van der Waals surface area contributed by atoms with Crippen molar-refractivity contribution in [3.63, 3.8) is 0 Å². The molecule has 2 rings (SSSR count). The Morgan fingerprint density at radius 1 is 1.38 bits per heavy atom. The zero-order valence-electron chi connectivity index (χ0n) is 11.1. The molecule has 0 amide bonds. The third-order valence-corrected chi connectivity index (χ3v) is 3.86. The summed E-state index contributed by atoms with van der Waals surface area (Å²) in [5, 5.41) is 3.04. The van der Waals surface area contributed by atoms with Gasteiger partial charge in [-0.15, -0.1) is 0 Å². The van der Waals surface area contributed by atoms with E-state index in [1.54, 1.807) is 18.2 Å². The van der Waals surface area contributed by atoms with Crippen molar-refractivity contribution in [3.8, 4) is 0 Å². The Labute approximate surface area is 120 Å². The van der Waals surface area contributed by atoms with Crippen LogP contribution in [0.5, 0.6) is 0 Å². The number of hydrogen-bond donors (Lipinski definition) is 1. The summed E-state index contributed by atoms with van der Waals surface area (Å²) in [4.78, 5) is 3.38. The van der Waals surface area contributed by atoms with Gasteiger partial charge in [-0.25, -0.2) is 21.9 Å². The lowest BCUT2D eigenvalue weighted by atomic mass is 10.2. The molecule has 0 saturated carbocycles. The smallest absolute Gasteiger partial charge is 0.300 e. The maximum absolute atomic E-state index is 12.3. The van der Waals surface area contributed by atoms with Crippen molar-refractivity contribution in [1.29, 1.82) is 0 Å². The van der Waals surface area contributed by atoms with Crippen molar-refractivity contribution in [2.24, 2.45) is 0 Å². The van der Waals surface area contributed by atoms with Gasteiger partial charge in [-0.3, -0.25) is 0 Å². The van der Waals surface area contributed by atoms with E-state index in [4.69, 9.17) is 0 Å². The quantitative estimate of drug-likeness (QED) is 0.880. The average molecular weight is 317 g/mol. The second-order valence-corrected chi connectivity index (χ2v) is 6.22. The van der Waals surface area contributed by atoms with Gasteiger partial charge >= 0.3 is 6.43 Å². The van der Waals surface area contributed by atoms with E-state index in [0.717, 1.165) is 5.56 Å². The highest BCUT2D eigenvalue weighted by molar-refractivity contribution is 7.88. The highest BCUT2D eigenvalue weighted by Gasteiger charge is 2.18. The van der Waals surface area contributed by atoms with Crippen LogP contribution in [0.4, 0.5) is 8.78 Å². The first-order valence-corrected chi connectivity index (χ1v) is 7.64. The van der Waals surface area contributed by atoms with Crippen LogP contribution in [0.25, 0.3) is 0 Å². The number of aryl methyl sites for hydroxylation is 1. The lowest BCUT2D eigenvalue weighted by molar-refractivity contribution is 0.136. The highest BCUT2D eigenvalue weighted by atomic mass is 32.2. The zero-order valence-corrected chi connectivity index (χ0v) is 11.9. The van der Waals surface area contributed by atoms with Crippen LogP contribution in [0.1, 0.15) is 29.3 Å². The fourth-order valence-electron chi connectivity index (χ4n) is 1.67. The Morgan fingerprint density at radius 2 is 2.14 bits per heavy atom. The van der Waals surface area contributed by atoms with E-state index in [-0.39, 0.29) is 18.2 Å². The van der Waals surface area contributed by atoms with Gasteiger partial charge in [0.1, 0.15) is 0 Å². The van der Waals surface area contributed by atoms with E-state index >= 15 is 0 Å². The monoisotopic (exact) mass is 317 g/mol. The highest BCUT2D eigenvalue weighted by Crippen LogP contribution is 2.14. The first-order chi connectivity index (χ1) is 9.85. The number of rotatable bonds is 6. The summed E-state index contributed by atoms with van der Waals surface area (Å²) in [5.74, 6) is -1.19. The summed E-state index contributed by atoms with van der Waals surface area (Å²) in [6.07, 6.45) is -2.86. The molecular weight excluding hydrogens is 304 g/mol. The van der Waals surface area contributed by atoms with Crippen molar-refractivity contribution < 1.29 is 21.7 Å². The fourth-order valence-corrected chi connectivity index (χ4v) is 2.74. The molecule has 6 nitrogen and oxygen atoms in total. The summed E-state index contributed by atoms with van der Waals surface area (Å²) in [6.45, 7) is 1.53. The van der Waals surface area contributed by atoms with Crippen molar-refractivity contribution in [1.82, 2.24) is 14.9 Å². The van der Waals surface area contributed by atoms with Crippen LogP contribution in [0.3, 0.4) is 0 Å². The maximum atomic E-state index is 12.3. The van der Waals surface area contributed by atoms with Crippen LogP contribution in [0.2, 0.25) is 0 Å². The molecule has 0 aliphatic carbocycles. The van der Waals surface area contributed by atoms with E-state index in [2.05, 4.69) is 19.4 Å². The molecule has 0 aliphatic heterocycles. The Balaban J connectivity index is 1.97. The van der Waals surface area contributed by atoms with Gasteiger partial charge in [0.25, 0.3) is 0 Å². The van der Waals surface area contributed by atoms with E-state index in [1.807, 2.05) is 13.0 Å². The Bertz CT molecular complexity index is 716. The van der Waals surface area contributed by atoms with Crippen molar-refractivity contribution in [2.75, 3.05) is 0 Å². The molecule has 0 fully saturated rings. The second kappa shape index (κ2) is 6.27. The molecule has 114 valence electrons. The van der Waals surface area contributed by atoms with E-state index < -0.39 is 22.3 Å². The second-order valence-electron chi connectivity index (χ2n) is 4.42. The van der Waals surface area contributed by atoms with Gasteiger partial charge < -0.3 is 4.52 Å². The predicted molar refractivity (Wildman–Crippen MR) is 69.9 cm³/mol. The van der Waals surface area contributed by atoms with Gasteiger partial charge in [0.2, 0.25) is 21.7 Å².